The van der Waals surface area contributed by atoms with Crippen molar-refractivity contribution in [2.45, 2.75) is 6.92 Å². The monoisotopic (exact) mass is 186 g/mol. The Labute approximate surface area is 82.0 Å². The third-order valence-corrected chi connectivity index (χ3v) is 2.01. The topological polar surface area (TPSA) is 34.9 Å². The van der Waals surface area contributed by atoms with Crippen molar-refractivity contribution in [3.05, 3.63) is 42.6 Å². The van der Waals surface area contributed by atoms with Gasteiger partial charge in [-0.2, -0.15) is 5.10 Å². The van der Waals surface area contributed by atoms with Crippen LogP contribution in [0.3, 0.4) is 0 Å². The fraction of sp³-hybridized carbons (Fsp3) is 0.0909. The smallest absolute Gasteiger partial charge is 0.244 e. The fourth-order valence-electron chi connectivity index (χ4n) is 1.38. The standard InChI is InChI=1S/C11H10N2O/c1-9(14)13-11(7-8-12-13)10-5-3-2-4-6-10/h2-8H,1H3. The van der Waals surface area contributed by atoms with Gasteiger partial charge in [0.1, 0.15) is 0 Å². The summed E-state index contributed by atoms with van der Waals surface area (Å²) in [6.07, 6.45) is 1.63. The van der Waals surface area contributed by atoms with Gasteiger partial charge in [-0.15, -0.1) is 0 Å². The summed E-state index contributed by atoms with van der Waals surface area (Å²) in [5.74, 6) is -0.0751. The normalized spacial score (nSPS) is 10.1. The van der Waals surface area contributed by atoms with Crippen LogP contribution in [-0.2, 0) is 0 Å². The molecule has 0 aliphatic rings. The molecule has 0 unspecified atom stereocenters. The summed E-state index contributed by atoms with van der Waals surface area (Å²) in [5, 5.41) is 3.96. The lowest BCUT2D eigenvalue weighted by Crippen LogP contribution is -2.08. The molecule has 0 aliphatic heterocycles. The van der Waals surface area contributed by atoms with Gasteiger partial charge in [-0.25, -0.2) is 4.68 Å². The number of benzene rings is 1. The van der Waals surface area contributed by atoms with Gasteiger partial charge in [-0.3, -0.25) is 4.79 Å². The molecule has 0 saturated heterocycles. The molecule has 0 bridgehead atoms. The molecule has 0 saturated carbocycles. The van der Waals surface area contributed by atoms with E-state index in [0.717, 1.165) is 11.3 Å². The van der Waals surface area contributed by atoms with Crippen LogP contribution in [0.5, 0.6) is 0 Å². The van der Waals surface area contributed by atoms with E-state index in [1.807, 2.05) is 36.4 Å². The van der Waals surface area contributed by atoms with Crippen molar-refractivity contribution in [1.29, 1.82) is 0 Å². The molecular weight excluding hydrogens is 176 g/mol. The molecule has 1 heterocycles. The van der Waals surface area contributed by atoms with Crippen molar-refractivity contribution in [1.82, 2.24) is 9.78 Å². The number of carbonyl (C=O) groups excluding carboxylic acids is 1. The summed E-state index contributed by atoms with van der Waals surface area (Å²) in [5.41, 5.74) is 1.83. The molecular formula is C11H10N2O. The van der Waals surface area contributed by atoms with Crippen molar-refractivity contribution in [3.63, 3.8) is 0 Å². The van der Waals surface area contributed by atoms with E-state index >= 15 is 0 Å². The van der Waals surface area contributed by atoms with Gasteiger partial charge in [-0.1, -0.05) is 30.3 Å². The SMILES string of the molecule is CC(=O)n1nccc1-c1ccccc1. The Kier molecular flexibility index (Phi) is 2.14. The molecule has 14 heavy (non-hydrogen) atoms. The molecule has 1 aromatic carbocycles. The molecule has 3 nitrogen and oxygen atoms in total. The predicted octanol–water partition coefficient (Wildman–Crippen LogP) is 2.21. The van der Waals surface area contributed by atoms with Gasteiger partial charge in [0.25, 0.3) is 0 Å². The van der Waals surface area contributed by atoms with Crippen LogP contribution in [0.25, 0.3) is 11.3 Å². The average molecular weight is 186 g/mol. The minimum absolute atomic E-state index is 0.0751. The van der Waals surface area contributed by atoms with Crippen LogP contribution in [0, 0.1) is 0 Å². The second-order valence-corrected chi connectivity index (χ2v) is 3.01. The van der Waals surface area contributed by atoms with Crippen molar-refractivity contribution in [3.8, 4) is 11.3 Å². The average Bonchev–Trinajstić information content (AvgIpc) is 2.67. The molecule has 0 N–H and O–H groups in total. The highest BCUT2D eigenvalue weighted by Gasteiger charge is 2.07. The fourth-order valence-corrected chi connectivity index (χ4v) is 1.38. The van der Waals surface area contributed by atoms with Gasteiger partial charge in [0.05, 0.1) is 11.9 Å². The third kappa shape index (κ3) is 1.44. The number of carbonyl (C=O) groups is 1. The van der Waals surface area contributed by atoms with E-state index in [1.165, 1.54) is 11.6 Å². The number of aromatic nitrogens is 2. The van der Waals surface area contributed by atoms with E-state index in [4.69, 9.17) is 0 Å². The van der Waals surface area contributed by atoms with Crippen LogP contribution in [-0.4, -0.2) is 15.7 Å². The molecule has 2 aromatic rings. The first kappa shape index (κ1) is 8.69. The van der Waals surface area contributed by atoms with Crippen LogP contribution in [0.2, 0.25) is 0 Å². The van der Waals surface area contributed by atoms with Crippen LogP contribution >= 0.6 is 0 Å². The molecule has 0 amide bonds. The molecule has 3 heteroatoms. The summed E-state index contributed by atoms with van der Waals surface area (Å²) in [6, 6.07) is 11.6. The van der Waals surface area contributed by atoms with Gasteiger partial charge >= 0.3 is 0 Å². The molecule has 0 spiro atoms. The Hall–Kier alpha value is -1.90. The van der Waals surface area contributed by atoms with Crippen LogP contribution in [0.15, 0.2) is 42.6 Å². The van der Waals surface area contributed by atoms with Crippen LogP contribution in [0.4, 0.5) is 0 Å². The first-order valence-corrected chi connectivity index (χ1v) is 4.39. The van der Waals surface area contributed by atoms with Gasteiger partial charge in [-0.05, 0) is 6.07 Å². The molecule has 0 fully saturated rings. The number of hydrogen-bond donors (Lipinski definition) is 0. The first-order valence-electron chi connectivity index (χ1n) is 4.39. The molecule has 0 aliphatic carbocycles. The maximum Gasteiger partial charge on any atom is 0.244 e. The van der Waals surface area contributed by atoms with Crippen molar-refractivity contribution in [2.75, 3.05) is 0 Å². The van der Waals surface area contributed by atoms with E-state index in [-0.39, 0.29) is 5.91 Å². The zero-order valence-electron chi connectivity index (χ0n) is 7.84. The quantitative estimate of drug-likeness (QED) is 0.684. The minimum atomic E-state index is -0.0751. The van der Waals surface area contributed by atoms with E-state index in [0.29, 0.717) is 0 Å². The Balaban J connectivity index is 2.52. The first-order chi connectivity index (χ1) is 6.79. The second-order valence-electron chi connectivity index (χ2n) is 3.01. The summed E-state index contributed by atoms with van der Waals surface area (Å²) >= 11 is 0. The Morgan fingerprint density at radius 2 is 1.93 bits per heavy atom. The Morgan fingerprint density at radius 3 is 2.57 bits per heavy atom. The maximum atomic E-state index is 11.2. The number of nitrogens with zero attached hydrogens (tertiary/aromatic N) is 2. The molecule has 0 atom stereocenters. The molecule has 1 aromatic heterocycles. The highest BCUT2D eigenvalue weighted by molar-refractivity contribution is 5.80. The largest absolute Gasteiger partial charge is 0.273 e. The second kappa shape index (κ2) is 3.46. The van der Waals surface area contributed by atoms with E-state index in [9.17, 15) is 4.79 Å². The lowest BCUT2D eigenvalue weighted by atomic mass is 10.1. The van der Waals surface area contributed by atoms with Crippen molar-refractivity contribution >= 4 is 5.91 Å². The van der Waals surface area contributed by atoms with Gasteiger partial charge < -0.3 is 0 Å². The van der Waals surface area contributed by atoms with Crippen molar-refractivity contribution in [2.24, 2.45) is 0 Å². The molecule has 2 rings (SSSR count). The Bertz CT molecular complexity index is 445. The number of rotatable bonds is 1. The summed E-state index contributed by atoms with van der Waals surface area (Å²) in [6.45, 7) is 1.50. The van der Waals surface area contributed by atoms with Crippen LogP contribution < -0.4 is 0 Å². The zero-order valence-corrected chi connectivity index (χ0v) is 7.84. The summed E-state index contributed by atoms with van der Waals surface area (Å²) in [7, 11) is 0. The highest BCUT2D eigenvalue weighted by atomic mass is 16.2. The Morgan fingerprint density at radius 1 is 1.21 bits per heavy atom. The zero-order chi connectivity index (χ0) is 9.97. The van der Waals surface area contributed by atoms with E-state index < -0.39 is 0 Å². The lowest BCUT2D eigenvalue weighted by Gasteiger charge is -2.02. The third-order valence-electron chi connectivity index (χ3n) is 2.01. The van der Waals surface area contributed by atoms with Gasteiger partial charge in [0.2, 0.25) is 5.91 Å². The highest BCUT2D eigenvalue weighted by Crippen LogP contribution is 2.17. The van der Waals surface area contributed by atoms with Crippen LogP contribution in [0.1, 0.15) is 11.7 Å². The van der Waals surface area contributed by atoms with Gasteiger partial charge in [0.15, 0.2) is 0 Å². The van der Waals surface area contributed by atoms with E-state index in [2.05, 4.69) is 5.10 Å². The summed E-state index contributed by atoms with van der Waals surface area (Å²) in [4.78, 5) is 11.2. The molecule has 70 valence electrons. The summed E-state index contributed by atoms with van der Waals surface area (Å²) < 4.78 is 1.40. The maximum absolute atomic E-state index is 11.2. The molecule has 0 radical (unpaired) electrons. The van der Waals surface area contributed by atoms with E-state index in [1.54, 1.807) is 6.20 Å². The van der Waals surface area contributed by atoms with Crippen molar-refractivity contribution < 1.29 is 4.79 Å². The predicted molar refractivity (Wildman–Crippen MR) is 54.0 cm³/mol. The lowest BCUT2D eigenvalue weighted by molar-refractivity contribution is 0.0923. The van der Waals surface area contributed by atoms with Gasteiger partial charge in [0, 0.05) is 12.5 Å². The number of hydrogen-bond acceptors (Lipinski definition) is 2. The minimum Gasteiger partial charge on any atom is -0.273 e.